The zero-order valence-corrected chi connectivity index (χ0v) is 35.3. The highest BCUT2D eigenvalue weighted by Crippen LogP contribution is 2.43. The molecular weight excluding hydrogens is 719 g/mol. The van der Waals surface area contributed by atoms with E-state index < -0.39 is 51.8 Å². The van der Waals surface area contributed by atoms with E-state index in [0.717, 1.165) is 38.5 Å². The van der Waals surface area contributed by atoms with E-state index in [0.29, 0.717) is 19.3 Å². The van der Waals surface area contributed by atoms with Gasteiger partial charge < -0.3 is 24.6 Å². The number of unbranched alkanes of at least 4 members (excludes halogenated alkanes) is 15. The van der Waals surface area contributed by atoms with Crippen molar-refractivity contribution >= 4 is 19.8 Å². The van der Waals surface area contributed by atoms with Crippen molar-refractivity contribution in [2.75, 3.05) is 26.4 Å². The second-order valence-corrected chi connectivity index (χ2v) is 15.5. The van der Waals surface area contributed by atoms with Gasteiger partial charge in [-0.15, -0.1) is 0 Å². The van der Waals surface area contributed by atoms with Gasteiger partial charge in [0.1, 0.15) is 12.7 Å². The van der Waals surface area contributed by atoms with Crippen LogP contribution < -0.4 is 0 Å². The molecule has 318 valence electrons. The Hall–Kier alpha value is -2.33. The number of carbonyl (C=O) groups excluding carboxylic acids is 2. The van der Waals surface area contributed by atoms with Crippen molar-refractivity contribution < 1.29 is 47.8 Å². The van der Waals surface area contributed by atoms with Crippen molar-refractivity contribution in [1.29, 1.82) is 0 Å². The molecule has 0 aromatic rings. The van der Waals surface area contributed by atoms with Crippen LogP contribution in [0.2, 0.25) is 0 Å². The van der Waals surface area contributed by atoms with Crippen LogP contribution in [0.4, 0.5) is 0 Å². The molecule has 0 amide bonds. The van der Waals surface area contributed by atoms with Crippen LogP contribution in [0.15, 0.2) is 60.8 Å². The molecular formula is C44H77O10P. The Balaban J connectivity index is 4.46. The molecule has 0 spiro atoms. The van der Waals surface area contributed by atoms with E-state index in [-0.39, 0.29) is 19.4 Å². The first kappa shape index (κ1) is 52.7. The lowest BCUT2D eigenvalue weighted by atomic mass is 10.1. The van der Waals surface area contributed by atoms with Crippen molar-refractivity contribution in [1.82, 2.24) is 0 Å². The van der Waals surface area contributed by atoms with Crippen molar-refractivity contribution in [2.24, 2.45) is 0 Å². The zero-order valence-electron chi connectivity index (χ0n) is 34.4. The summed E-state index contributed by atoms with van der Waals surface area (Å²) in [6.45, 7) is 2.24. The summed E-state index contributed by atoms with van der Waals surface area (Å²) < 4.78 is 32.6. The summed E-state index contributed by atoms with van der Waals surface area (Å²) in [5, 5.41) is 18.3. The number of hydrogen-bond donors (Lipinski definition) is 3. The maximum Gasteiger partial charge on any atom is 0.472 e. The fourth-order valence-electron chi connectivity index (χ4n) is 5.36. The van der Waals surface area contributed by atoms with Gasteiger partial charge in [0.2, 0.25) is 0 Å². The van der Waals surface area contributed by atoms with E-state index in [1.807, 2.05) is 18.2 Å². The van der Waals surface area contributed by atoms with Crippen molar-refractivity contribution in [3.63, 3.8) is 0 Å². The maximum absolute atomic E-state index is 12.6. The number of aliphatic hydroxyl groups excluding tert-OH is 2. The fraction of sp³-hybridized carbons (Fsp3) is 0.727. The number of hydrogen-bond acceptors (Lipinski definition) is 9. The van der Waals surface area contributed by atoms with Crippen LogP contribution in [-0.2, 0) is 32.7 Å². The van der Waals surface area contributed by atoms with Crippen LogP contribution in [-0.4, -0.2) is 65.7 Å². The van der Waals surface area contributed by atoms with Crippen molar-refractivity contribution in [3.8, 4) is 0 Å². The highest BCUT2D eigenvalue weighted by atomic mass is 31.2. The van der Waals surface area contributed by atoms with Crippen LogP contribution in [0.5, 0.6) is 0 Å². The Labute approximate surface area is 334 Å². The molecule has 0 bridgehead atoms. The molecule has 1 unspecified atom stereocenters. The summed E-state index contributed by atoms with van der Waals surface area (Å²) in [5.74, 6) is -1.05. The number of phosphoric acid groups is 1. The number of aliphatic hydroxyl groups is 2. The second-order valence-electron chi connectivity index (χ2n) is 14.0. The summed E-state index contributed by atoms with van der Waals surface area (Å²) in [4.78, 5) is 34.9. The summed E-state index contributed by atoms with van der Waals surface area (Å²) in [6, 6.07) is 0. The molecule has 0 radical (unpaired) electrons. The minimum Gasteiger partial charge on any atom is -0.462 e. The Bertz CT molecular complexity index is 1100. The minimum atomic E-state index is -4.64. The van der Waals surface area contributed by atoms with E-state index >= 15 is 0 Å². The van der Waals surface area contributed by atoms with Crippen LogP contribution in [0.3, 0.4) is 0 Å². The highest BCUT2D eigenvalue weighted by Gasteiger charge is 2.27. The molecule has 55 heavy (non-hydrogen) atoms. The van der Waals surface area contributed by atoms with Gasteiger partial charge in [-0.2, -0.15) is 0 Å². The van der Waals surface area contributed by atoms with Gasteiger partial charge >= 0.3 is 19.8 Å². The van der Waals surface area contributed by atoms with E-state index in [1.165, 1.54) is 83.5 Å². The van der Waals surface area contributed by atoms with E-state index in [9.17, 15) is 24.2 Å². The van der Waals surface area contributed by atoms with E-state index in [1.54, 1.807) is 0 Å². The lowest BCUT2D eigenvalue weighted by Gasteiger charge is -2.20. The molecule has 3 N–H and O–H groups in total. The van der Waals surface area contributed by atoms with Crippen LogP contribution in [0, 0.1) is 0 Å². The average Bonchev–Trinajstić information content (AvgIpc) is 3.17. The number of esters is 2. The number of phosphoric ester groups is 1. The maximum atomic E-state index is 12.6. The van der Waals surface area contributed by atoms with E-state index in [2.05, 4.69) is 60.9 Å². The predicted octanol–water partition coefficient (Wildman–Crippen LogP) is 11.1. The van der Waals surface area contributed by atoms with Gasteiger partial charge in [-0.05, 0) is 64.2 Å². The molecule has 0 heterocycles. The second kappa shape index (κ2) is 39.9. The summed E-state index contributed by atoms with van der Waals surface area (Å²) in [7, 11) is -4.64. The molecule has 0 aliphatic rings. The third-order valence-electron chi connectivity index (χ3n) is 8.66. The lowest BCUT2D eigenvalue weighted by Crippen LogP contribution is -2.29. The van der Waals surface area contributed by atoms with Crippen molar-refractivity contribution in [2.45, 2.75) is 180 Å². The highest BCUT2D eigenvalue weighted by molar-refractivity contribution is 7.47. The smallest absolute Gasteiger partial charge is 0.462 e. The molecule has 3 atom stereocenters. The molecule has 10 nitrogen and oxygen atoms in total. The topological polar surface area (TPSA) is 149 Å². The van der Waals surface area contributed by atoms with Gasteiger partial charge in [0.25, 0.3) is 0 Å². The molecule has 0 fully saturated rings. The Morgan fingerprint density at radius 2 is 0.982 bits per heavy atom. The van der Waals surface area contributed by atoms with E-state index in [4.69, 9.17) is 19.1 Å². The lowest BCUT2D eigenvalue weighted by molar-refractivity contribution is -0.161. The van der Waals surface area contributed by atoms with Crippen LogP contribution in [0.1, 0.15) is 168 Å². The summed E-state index contributed by atoms with van der Waals surface area (Å²) in [5.41, 5.74) is 0. The first-order valence-corrected chi connectivity index (χ1v) is 22.7. The zero-order chi connectivity index (χ0) is 40.5. The average molecular weight is 797 g/mol. The molecule has 0 aromatic carbocycles. The molecule has 0 saturated heterocycles. The summed E-state index contributed by atoms with van der Waals surface area (Å²) >= 11 is 0. The number of ether oxygens (including phenoxy) is 2. The molecule has 0 aliphatic carbocycles. The SMILES string of the molecule is CCCCC/C=C/C/C=C/C/C=C/C/C=C/CCCC(=O)O[C@H](COC(=O)CC/C=C/CCCCCCCCCCCCC)COP(=O)(O)OC[C@@H](O)CO. The normalized spacial score (nSPS) is 14.5. The monoisotopic (exact) mass is 797 g/mol. The molecule has 11 heteroatoms. The first-order valence-electron chi connectivity index (χ1n) is 21.2. The third kappa shape index (κ3) is 39.7. The molecule has 0 aromatic heterocycles. The van der Waals surface area contributed by atoms with Crippen LogP contribution >= 0.6 is 7.82 Å². The Kier molecular flexibility index (Phi) is 38.2. The molecule has 0 aliphatic heterocycles. The quantitative estimate of drug-likeness (QED) is 0.0237. The first-order chi connectivity index (χ1) is 26.7. The Morgan fingerprint density at radius 3 is 1.55 bits per heavy atom. The van der Waals surface area contributed by atoms with Gasteiger partial charge in [0, 0.05) is 12.8 Å². The molecule has 0 rings (SSSR count). The third-order valence-corrected chi connectivity index (χ3v) is 9.61. The minimum absolute atomic E-state index is 0.0996. The standard InChI is InChI=1S/C44H77O10P/c1-3-5-7-9-11-13-15-17-19-20-22-24-26-28-30-32-34-36-44(48)54-42(40-53-55(49,50)52-38-41(46)37-45)39-51-43(47)35-33-31-29-27-25-23-21-18-16-14-12-10-8-6-4-2/h11,13,17,19,22,24,28-31,41-42,45-46H,3-10,12,14-16,18,20-21,23,25-27,32-40H2,1-2H3,(H,49,50)/b13-11+,19-17+,24-22+,30-28+,31-29+/t41-,42+/m0/s1. The molecule has 0 saturated carbocycles. The van der Waals surface area contributed by atoms with Gasteiger partial charge in [0.05, 0.1) is 19.8 Å². The van der Waals surface area contributed by atoms with Crippen LogP contribution in [0.25, 0.3) is 0 Å². The van der Waals surface area contributed by atoms with Gasteiger partial charge in [-0.1, -0.05) is 152 Å². The summed E-state index contributed by atoms with van der Waals surface area (Å²) in [6.07, 6.45) is 43.5. The Morgan fingerprint density at radius 1 is 0.545 bits per heavy atom. The number of carbonyl (C=O) groups is 2. The largest absolute Gasteiger partial charge is 0.472 e. The van der Waals surface area contributed by atoms with Gasteiger partial charge in [-0.25, -0.2) is 4.57 Å². The number of allylic oxidation sites excluding steroid dienone is 10. The van der Waals surface area contributed by atoms with Gasteiger partial charge in [-0.3, -0.25) is 18.6 Å². The van der Waals surface area contributed by atoms with Gasteiger partial charge in [0.15, 0.2) is 6.10 Å². The predicted molar refractivity (Wildman–Crippen MR) is 224 cm³/mol. The number of rotatable bonds is 39. The fourth-order valence-corrected chi connectivity index (χ4v) is 6.14. The van der Waals surface area contributed by atoms with Crippen molar-refractivity contribution in [3.05, 3.63) is 60.8 Å².